The SMILES string of the molecule is CCCCCCCCCCCCCCc1ccc2ccc(S(=O)(=O)[O-])cc2c1OC.[Na+]. The van der Waals surface area contributed by atoms with Gasteiger partial charge in [-0.2, -0.15) is 0 Å². The van der Waals surface area contributed by atoms with Gasteiger partial charge in [0.1, 0.15) is 15.9 Å². The van der Waals surface area contributed by atoms with Crippen LogP contribution >= 0.6 is 0 Å². The number of unbranched alkanes of at least 4 members (excludes halogenated alkanes) is 11. The van der Waals surface area contributed by atoms with Gasteiger partial charge in [-0.3, -0.25) is 0 Å². The van der Waals surface area contributed by atoms with Crippen molar-refractivity contribution in [1.29, 1.82) is 0 Å². The quantitative estimate of drug-likeness (QED) is 0.231. The van der Waals surface area contributed by atoms with E-state index in [2.05, 4.69) is 6.92 Å². The van der Waals surface area contributed by atoms with E-state index in [0.29, 0.717) is 11.1 Å². The third-order valence-electron chi connectivity index (χ3n) is 5.82. The second-order valence-corrected chi connectivity index (χ2v) is 9.61. The normalized spacial score (nSPS) is 11.5. The minimum atomic E-state index is -4.48. The third-order valence-corrected chi connectivity index (χ3v) is 6.65. The summed E-state index contributed by atoms with van der Waals surface area (Å²) < 4.78 is 39.7. The van der Waals surface area contributed by atoms with E-state index >= 15 is 0 Å². The monoisotopic (exact) mass is 456 g/mol. The van der Waals surface area contributed by atoms with Crippen LogP contribution in [0.2, 0.25) is 0 Å². The predicted molar refractivity (Wildman–Crippen MR) is 123 cm³/mol. The smallest absolute Gasteiger partial charge is 0.744 e. The maximum Gasteiger partial charge on any atom is 1.00 e. The van der Waals surface area contributed by atoms with E-state index in [1.54, 1.807) is 13.2 Å². The Balaban J connectivity index is 0.00000480. The van der Waals surface area contributed by atoms with E-state index < -0.39 is 10.1 Å². The zero-order valence-corrected chi connectivity index (χ0v) is 22.4. The summed E-state index contributed by atoms with van der Waals surface area (Å²) in [5.41, 5.74) is 1.07. The molecule has 6 heteroatoms. The van der Waals surface area contributed by atoms with Gasteiger partial charge in [0.15, 0.2) is 0 Å². The first-order valence-corrected chi connectivity index (χ1v) is 12.9. The number of benzene rings is 2. The van der Waals surface area contributed by atoms with Crippen LogP contribution < -0.4 is 34.3 Å². The Hall–Kier alpha value is -0.590. The fourth-order valence-electron chi connectivity index (χ4n) is 4.07. The predicted octanol–water partition coefficient (Wildman–Crippen LogP) is 4.00. The molecule has 2 aromatic carbocycles. The minimum Gasteiger partial charge on any atom is -0.744 e. The number of fused-ring (bicyclic) bond motifs is 1. The van der Waals surface area contributed by atoms with Crippen molar-refractivity contribution in [3.8, 4) is 5.75 Å². The summed E-state index contributed by atoms with van der Waals surface area (Å²) in [6.07, 6.45) is 16.6. The van der Waals surface area contributed by atoms with Crippen molar-refractivity contribution in [3.63, 3.8) is 0 Å². The number of ether oxygens (including phenoxy) is 1. The minimum absolute atomic E-state index is 0. The van der Waals surface area contributed by atoms with Crippen molar-refractivity contribution >= 4 is 20.9 Å². The molecule has 0 aliphatic heterocycles. The Morgan fingerprint density at radius 1 is 0.806 bits per heavy atom. The number of methoxy groups -OCH3 is 1. The van der Waals surface area contributed by atoms with Gasteiger partial charge in [-0.15, -0.1) is 0 Å². The van der Waals surface area contributed by atoms with Crippen LogP contribution in [0.25, 0.3) is 10.8 Å². The Bertz CT molecular complexity index is 880. The first kappa shape index (κ1) is 28.4. The summed E-state index contributed by atoms with van der Waals surface area (Å²) in [5, 5.41) is 1.56. The van der Waals surface area contributed by atoms with Crippen LogP contribution in [-0.2, 0) is 16.5 Å². The largest absolute Gasteiger partial charge is 1.00 e. The van der Waals surface area contributed by atoms with Gasteiger partial charge >= 0.3 is 29.6 Å². The van der Waals surface area contributed by atoms with E-state index in [0.717, 1.165) is 23.8 Å². The van der Waals surface area contributed by atoms with E-state index in [9.17, 15) is 13.0 Å². The van der Waals surface area contributed by atoms with Crippen LogP contribution in [0.15, 0.2) is 35.2 Å². The molecule has 0 aromatic heterocycles. The molecule has 31 heavy (non-hydrogen) atoms. The molecule has 2 rings (SSSR count). The maximum absolute atomic E-state index is 11.4. The number of hydrogen-bond donors (Lipinski definition) is 0. The summed E-state index contributed by atoms with van der Waals surface area (Å²) in [5.74, 6) is 0.682. The number of rotatable bonds is 15. The fourth-order valence-corrected chi connectivity index (χ4v) is 4.56. The molecule has 0 saturated heterocycles. The molecule has 0 heterocycles. The van der Waals surface area contributed by atoms with Crippen LogP contribution in [0.3, 0.4) is 0 Å². The van der Waals surface area contributed by atoms with Gasteiger partial charge in [-0.05, 0) is 35.9 Å². The summed E-state index contributed by atoms with van der Waals surface area (Å²) in [7, 11) is -2.88. The van der Waals surface area contributed by atoms with E-state index in [1.807, 2.05) is 12.1 Å². The van der Waals surface area contributed by atoms with Crippen LogP contribution in [0.4, 0.5) is 0 Å². The molecule has 2 aromatic rings. The molecular weight excluding hydrogens is 419 g/mol. The standard InChI is InChI=1S/C25H38O4S.Na/c1-3-4-5-6-7-8-9-10-11-12-13-14-15-22-17-16-21-18-19-23(30(26,27)28)20-24(21)25(22)29-2;/h16-20H,3-15H2,1-2H3,(H,26,27,28);/q;+1/p-1. The number of hydrogen-bond acceptors (Lipinski definition) is 4. The second-order valence-electron chi connectivity index (χ2n) is 8.23. The average molecular weight is 457 g/mol. The molecule has 168 valence electrons. The Kier molecular flexibility index (Phi) is 14.0. The van der Waals surface area contributed by atoms with Crippen molar-refractivity contribution in [2.45, 2.75) is 95.3 Å². The van der Waals surface area contributed by atoms with Gasteiger partial charge in [0, 0.05) is 5.39 Å². The van der Waals surface area contributed by atoms with Crippen molar-refractivity contribution in [1.82, 2.24) is 0 Å². The Labute approximate surface area is 211 Å². The summed E-state index contributed by atoms with van der Waals surface area (Å²) >= 11 is 0. The molecule has 0 radical (unpaired) electrons. The topological polar surface area (TPSA) is 66.4 Å². The molecule has 0 aliphatic carbocycles. The fraction of sp³-hybridized carbons (Fsp3) is 0.600. The molecule has 0 amide bonds. The first-order chi connectivity index (χ1) is 14.5. The van der Waals surface area contributed by atoms with Crippen molar-refractivity contribution < 1.29 is 47.3 Å². The zero-order valence-electron chi connectivity index (χ0n) is 19.6. The van der Waals surface area contributed by atoms with Crippen molar-refractivity contribution in [2.24, 2.45) is 0 Å². The Morgan fingerprint density at radius 3 is 1.84 bits per heavy atom. The van der Waals surface area contributed by atoms with Crippen molar-refractivity contribution in [3.05, 3.63) is 35.9 Å². The van der Waals surface area contributed by atoms with Crippen LogP contribution in [0.1, 0.15) is 89.5 Å². The summed E-state index contributed by atoms with van der Waals surface area (Å²) in [6, 6.07) is 8.47. The average Bonchev–Trinajstić information content (AvgIpc) is 2.73. The molecule has 0 unspecified atom stereocenters. The molecule has 4 nitrogen and oxygen atoms in total. The van der Waals surface area contributed by atoms with E-state index in [-0.39, 0.29) is 34.5 Å². The molecule has 0 fully saturated rings. The van der Waals surface area contributed by atoms with Gasteiger partial charge < -0.3 is 9.29 Å². The number of aryl methyl sites for hydroxylation is 1. The van der Waals surface area contributed by atoms with Gasteiger partial charge in [0.05, 0.1) is 12.0 Å². The molecule has 0 aliphatic rings. The summed E-state index contributed by atoms with van der Waals surface area (Å²) in [4.78, 5) is -0.212. The van der Waals surface area contributed by atoms with E-state index in [4.69, 9.17) is 4.74 Å². The van der Waals surface area contributed by atoms with Gasteiger partial charge in [-0.1, -0.05) is 95.8 Å². The van der Waals surface area contributed by atoms with Gasteiger partial charge in [-0.25, -0.2) is 8.42 Å². The molecular formula is C25H37NaO4S. The van der Waals surface area contributed by atoms with Crippen LogP contribution in [-0.4, -0.2) is 20.1 Å². The van der Waals surface area contributed by atoms with Gasteiger partial charge in [0.25, 0.3) is 0 Å². The molecule has 0 bridgehead atoms. The molecule has 0 saturated carbocycles. The molecule has 0 N–H and O–H groups in total. The first-order valence-electron chi connectivity index (χ1n) is 11.5. The molecule has 0 atom stereocenters. The summed E-state index contributed by atoms with van der Waals surface area (Å²) in [6.45, 7) is 2.26. The van der Waals surface area contributed by atoms with E-state index in [1.165, 1.54) is 82.8 Å². The molecule has 0 spiro atoms. The zero-order chi connectivity index (χ0) is 21.8. The third kappa shape index (κ3) is 9.83. The maximum atomic E-state index is 11.4. The van der Waals surface area contributed by atoms with Crippen molar-refractivity contribution in [2.75, 3.05) is 7.11 Å². The van der Waals surface area contributed by atoms with Crippen LogP contribution in [0.5, 0.6) is 5.75 Å². The van der Waals surface area contributed by atoms with Gasteiger partial charge in [0.2, 0.25) is 0 Å². The second kappa shape index (κ2) is 15.3. The van der Waals surface area contributed by atoms with Crippen LogP contribution in [0, 0.1) is 0 Å². The Morgan fingerprint density at radius 2 is 1.32 bits per heavy atom.